The van der Waals surface area contributed by atoms with Crippen molar-refractivity contribution in [2.45, 2.75) is 44.1 Å². The van der Waals surface area contributed by atoms with Crippen molar-refractivity contribution >= 4 is 39.1 Å². The van der Waals surface area contributed by atoms with Gasteiger partial charge in [-0.15, -0.1) is 16.4 Å². The first-order valence-corrected chi connectivity index (χ1v) is 11.0. The van der Waals surface area contributed by atoms with Crippen molar-refractivity contribution in [2.75, 3.05) is 5.73 Å². The second-order valence-electron chi connectivity index (χ2n) is 6.89. The standard InChI is InChI=1S/C20H22N6OS2/c1-11-12(2)28-18-15(11)16(21)22-17(23-18)13(3)29-20-25-24-19(27)26(20)10-9-14-7-5-4-6-8-14/h4-8,13H,9-10H2,1-3H3,(H,24,27)(H2,21,22,23). The number of benzene rings is 1. The zero-order valence-corrected chi connectivity index (χ0v) is 18.1. The van der Waals surface area contributed by atoms with E-state index >= 15 is 0 Å². The molecule has 0 radical (unpaired) electrons. The molecule has 0 saturated carbocycles. The normalized spacial score (nSPS) is 12.5. The number of hydrogen-bond acceptors (Lipinski definition) is 7. The molecule has 0 amide bonds. The van der Waals surface area contributed by atoms with Gasteiger partial charge in [0, 0.05) is 11.4 Å². The molecule has 4 aromatic rings. The third-order valence-corrected chi connectivity index (χ3v) is 7.10. The number of nitrogens with one attached hydrogen (secondary N) is 1. The van der Waals surface area contributed by atoms with E-state index in [0.29, 0.717) is 23.3 Å². The first-order chi connectivity index (χ1) is 13.9. The lowest BCUT2D eigenvalue weighted by Gasteiger charge is -2.11. The molecule has 3 heterocycles. The summed E-state index contributed by atoms with van der Waals surface area (Å²) in [6, 6.07) is 10.1. The minimum atomic E-state index is -0.212. The van der Waals surface area contributed by atoms with Crippen LogP contribution in [0, 0.1) is 13.8 Å². The number of nitrogens with two attached hydrogens (primary N) is 1. The number of hydrogen-bond donors (Lipinski definition) is 2. The van der Waals surface area contributed by atoms with Gasteiger partial charge in [-0.2, -0.15) is 0 Å². The molecule has 150 valence electrons. The van der Waals surface area contributed by atoms with Gasteiger partial charge < -0.3 is 5.73 Å². The minimum Gasteiger partial charge on any atom is -0.383 e. The molecule has 9 heteroatoms. The smallest absolute Gasteiger partial charge is 0.343 e. The number of nitrogens with zero attached hydrogens (tertiary/aromatic N) is 4. The van der Waals surface area contributed by atoms with Crippen LogP contribution in [0.4, 0.5) is 5.82 Å². The van der Waals surface area contributed by atoms with Gasteiger partial charge in [-0.25, -0.2) is 19.9 Å². The van der Waals surface area contributed by atoms with E-state index in [2.05, 4.69) is 34.2 Å². The van der Waals surface area contributed by atoms with E-state index in [4.69, 9.17) is 10.7 Å². The van der Waals surface area contributed by atoms with Crippen LogP contribution in [0.1, 0.15) is 34.0 Å². The number of aromatic amines is 1. The second-order valence-corrected chi connectivity index (χ2v) is 9.40. The maximum atomic E-state index is 12.2. The highest BCUT2D eigenvalue weighted by Crippen LogP contribution is 2.36. The minimum absolute atomic E-state index is 0.102. The lowest BCUT2D eigenvalue weighted by atomic mass is 10.1. The molecule has 0 spiro atoms. The van der Waals surface area contributed by atoms with Gasteiger partial charge in [-0.3, -0.25) is 4.57 Å². The van der Waals surface area contributed by atoms with Crippen molar-refractivity contribution in [1.82, 2.24) is 24.7 Å². The molecule has 0 bridgehead atoms. The molecular weight excluding hydrogens is 404 g/mol. The Morgan fingerprint density at radius 3 is 2.76 bits per heavy atom. The molecule has 3 aromatic heterocycles. The Morgan fingerprint density at radius 1 is 1.24 bits per heavy atom. The summed E-state index contributed by atoms with van der Waals surface area (Å²) < 4.78 is 1.66. The summed E-state index contributed by atoms with van der Waals surface area (Å²) in [7, 11) is 0. The van der Waals surface area contributed by atoms with E-state index in [1.165, 1.54) is 22.2 Å². The van der Waals surface area contributed by atoms with E-state index in [9.17, 15) is 4.79 Å². The summed E-state index contributed by atoms with van der Waals surface area (Å²) in [5, 5.41) is 8.22. The summed E-state index contributed by atoms with van der Waals surface area (Å²) in [5.74, 6) is 1.15. The van der Waals surface area contributed by atoms with Crippen molar-refractivity contribution in [3.8, 4) is 0 Å². The molecule has 1 unspecified atom stereocenters. The SMILES string of the molecule is Cc1sc2nc(C(C)Sc3n[nH]c(=O)n3CCc3ccccc3)nc(N)c2c1C. The van der Waals surface area contributed by atoms with Gasteiger partial charge >= 0.3 is 5.69 Å². The van der Waals surface area contributed by atoms with Crippen molar-refractivity contribution in [3.05, 3.63) is 62.6 Å². The van der Waals surface area contributed by atoms with Crippen LogP contribution in [0.5, 0.6) is 0 Å². The van der Waals surface area contributed by atoms with Gasteiger partial charge in [-0.05, 0) is 38.3 Å². The molecule has 0 aliphatic heterocycles. The van der Waals surface area contributed by atoms with Crippen LogP contribution in [0.15, 0.2) is 40.3 Å². The number of aromatic nitrogens is 5. The molecule has 4 rings (SSSR count). The van der Waals surface area contributed by atoms with Gasteiger partial charge in [-0.1, -0.05) is 42.1 Å². The summed E-state index contributed by atoms with van der Waals surface area (Å²) in [4.78, 5) is 23.6. The topological polar surface area (TPSA) is 102 Å². The van der Waals surface area contributed by atoms with Crippen molar-refractivity contribution in [2.24, 2.45) is 0 Å². The molecule has 0 aliphatic rings. The fourth-order valence-corrected chi connectivity index (χ4v) is 5.14. The molecule has 0 saturated heterocycles. The van der Waals surface area contributed by atoms with Gasteiger partial charge in [0.1, 0.15) is 16.5 Å². The number of H-pyrrole nitrogens is 1. The number of rotatable bonds is 6. The van der Waals surface area contributed by atoms with Crippen LogP contribution in [0.3, 0.4) is 0 Å². The Hall–Kier alpha value is -2.65. The molecule has 3 N–H and O–H groups in total. The van der Waals surface area contributed by atoms with Crippen LogP contribution >= 0.6 is 23.1 Å². The zero-order valence-electron chi connectivity index (χ0n) is 16.5. The van der Waals surface area contributed by atoms with Crippen LogP contribution in [-0.4, -0.2) is 24.7 Å². The maximum absolute atomic E-state index is 12.2. The van der Waals surface area contributed by atoms with Crippen LogP contribution < -0.4 is 11.4 Å². The van der Waals surface area contributed by atoms with Crippen LogP contribution in [-0.2, 0) is 13.0 Å². The van der Waals surface area contributed by atoms with Gasteiger partial charge in [0.05, 0.1) is 10.6 Å². The first-order valence-electron chi connectivity index (χ1n) is 9.33. The van der Waals surface area contributed by atoms with E-state index in [-0.39, 0.29) is 10.9 Å². The fraction of sp³-hybridized carbons (Fsp3) is 0.300. The number of aryl methyl sites for hydroxylation is 3. The Kier molecular flexibility index (Phi) is 5.42. The van der Waals surface area contributed by atoms with Crippen molar-refractivity contribution < 1.29 is 0 Å². The van der Waals surface area contributed by atoms with Gasteiger partial charge in [0.25, 0.3) is 0 Å². The van der Waals surface area contributed by atoms with E-state index in [0.717, 1.165) is 22.2 Å². The van der Waals surface area contributed by atoms with Crippen LogP contribution in [0.2, 0.25) is 0 Å². The molecule has 29 heavy (non-hydrogen) atoms. The van der Waals surface area contributed by atoms with Crippen LogP contribution in [0.25, 0.3) is 10.2 Å². The largest absolute Gasteiger partial charge is 0.383 e. The molecule has 1 aromatic carbocycles. The predicted octanol–water partition coefficient (Wildman–Crippen LogP) is 3.87. The Morgan fingerprint density at radius 2 is 2.00 bits per heavy atom. The van der Waals surface area contributed by atoms with E-state index < -0.39 is 0 Å². The fourth-order valence-electron chi connectivity index (χ4n) is 3.17. The lowest BCUT2D eigenvalue weighted by Crippen LogP contribution is -2.19. The molecule has 1 atom stereocenters. The summed E-state index contributed by atoms with van der Waals surface area (Å²) in [5.41, 5.74) is 8.32. The highest BCUT2D eigenvalue weighted by Gasteiger charge is 2.20. The third-order valence-electron chi connectivity index (χ3n) is 4.91. The molecular formula is C20H22N6OS2. The average molecular weight is 427 g/mol. The summed E-state index contributed by atoms with van der Waals surface area (Å²) in [6.07, 6.45) is 0.755. The lowest BCUT2D eigenvalue weighted by molar-refractivity contribution is 0.614. The Bertz CT molecular complexity index is 1210. The number of thioether (sulfide) groups is 1. The van der Waals surface area contributed by atoms with Gasteiger partial charge in [0.15, 0.2) is 5.16 Å². The number of anilines is 1. The monoisotopic (exact) mass is 426 g/mol. The average Bonchev–Trinajstić information content (AvgIpc) is 3.20. The van der Waals surface area contributed by atoms with Crippen molar-refractivity contribution in [3.63, 3.8) is 0 Å². The zero-order chi connectivity index (χ0) is 20.5. The molecule has 7 nitrogen and oxygen atoms in total. The quantitative estimate of drug-likeness (QED) is 0.454. The Balaban J connectivity index is 1.57. The summed E-state index contributed by atoms with van der Waals surface area (Å²) in [6.45, 7) is 6.66. The molecule has 0 fully saturated rings. The third kappa shape index (κ3) is 3.92. The highest BCUT2D eigenvalue weighted by molar-refractivity contribution is 7.99. The maximum Gasteiger partial charge on any atom is 0.343 e. The number of nitrogen functional groups attached to an aromatic ring is 1. The van der Waals surface area contributed by atoms with Crippen molar-refractivity contribution in [1.29, 1.82) is 0 Å². The van der Waals surface area contributed by atoms with E-state index in [1.807, 2.05) is 32.0 Å². The predicted molar refractivity (Wildman–Crippen MR) is 119 cm³/mol. The first kappa shape index (κ1) is 19.7. The Labute approximate surface area is 176 Å². The summed E-state index contributed by atoms with van der Waals surface area (Å²) >= 11 is 3.08. The number of thiophene rings is 1. The second kappa shape index (κ2) is 8.00. The van der Waals surface area contributed by atoms with E-state index in [1.54, 1.807) is 15.9 Å². The van der Waals surface area contributed by atoms with Gasteiger partial charge in [0.2, 0.25) is 0 Å². The highest BCUT2D eigenvalue weighted by atomic mass is 32.2. The number of fused-ring (bicyclic) bond motifs is 1. The molecule has 0 aliphatic carbocycles.